The number of likely N-dealkylation sites (N-methyl/N-ethyl adjacent to an activating group) is 1. The van der Waals surface area contributed by atoms with Crippen LogP contribution in [0.5, 0.6) is 0 Å². The van der Waals surface area contributed by atoms with Crippen LogP contribution in [-0.4, -0.2) is 202 Å². The smallest absolute Gasteiger partial charge is 0.311 e. The minimum absolute atomic E-state index is 0.0902. The van der Waals surface area contributed by atoms with Gasteiger partial charge < -0.3 is 73.4 Å². The number of halogens is 1. The fourth-order valence-corrected chi connectivity index (χ4v) is 12.1. The van der Waals surface area contributed by atoms with Crippen LogP contribution >= 0.6 is 0 Å². The molecule has 0 spiro atoms. The average Bonchev–Trinajstić information content (AvgIpc) is 4.02. The van der Waals surface area contributed by atoms with Crippen LogP contribution in [0.25, 0.3) is 11.1 Å². The fraction of sp³-hybridized carbons (Fsp3) is 0.754. The van der Waals surface area contributed by atoms with Crippen LogP contribution in [-0.2, 0) is 53.9 Å². The van der Waals surface area contributed by atoms with E-state index in [0.717, 1.165) is 16.7 Å². The van der Waals surface area contributed by atoms with Gasteiger partial charge in [0.2, 0.25) is 5.95 Å². The number of alkyl halides is 1. The number of carbonyl (C=O) groups excluding carboxylic acids is 1. The van der Waals surface area contributed by atoms with Crippen molar-refractivity contribution in [1.82, 2.24) is 29.9 Å². The third-order valence-electron chi connectivity index (χ3n) is 17.2. The maximum Gasteiger partial charge on any atom is 0.311 e. The lowest BCUT2D eigenvalue weighted by atomic mass is 9.73. The maximum atomic E-state index is 15.0. The average molecular weight is 1130 g/mol. The zero-order valence-electron chi connectivity index (χ0n) is 49.7. The Morgan fingerprint density at radius 2 is 1.57 bits per heavy atom. The molecular weight excluding hydrogens is 1040 g/mol. The van der Waals surface area contributed by atoms with E-state index in [1.165, 1.54) is 32.9 Å². The van der Waals surface area contributed by atoms with Crippen LogP contribution in [0.1, 0.15) is 118 Å². The second-order valence-corrected chi connectivity index (χ2v) is 22.9. The number of methoxy groups -OCH3 is 3. The summed E-state index contributed by atoms with van der Waals surface area (Å²) in [6.07, 6.45) is -4.56. The van der Waals surface area contributed by atoms with Gasteiger partial charge in [0.15, 0.2) is 12.6 Å². The number of nitrogens with one attached hydrogen (secondary N) is 1. The number of cyclic esters (lactones) is 1. The van der Waals surface area contributed by atoms with Gasteiger partial charge in [0.25, 0.3) is 0 Å². The molecule has 5 heterocycles. The number of esters is 1. The molecule has 3 aromatic rings. The summed E-state index contributed by atoms with van der Waals surface area (Å²) in [4.78, 5) is 30.6. The van der Waals surface area contributed by atoms with Crippen molar-refractivity contribution in [2.24, 2.45) is 28.8 Å². The van der Waals surface area contributed by atoms with E-state index >= 15 is 4.39 Å². The molecule has 23 heteroatoms. The zero-order chi connectivity index (χ0) is 59.0. The summed E-state index contributed by atoms with van der Waals surface area (Å²) < 4.78 is 67.8. The summed E-state index contributed by atoms with van der Waals surface area (Å²) in [6.45, 7) is 17.2. The van der Waals surface area contributed by atoms with Gasteiger partial charge in [0.1, 0.15) is 49.8 Å². The molecule has 3 fully saturated rings. The van der Waals surface area contributed by atoms with Gasteiger partial charge in [-0.15, -0.1) is 5.10 Å². The third-order valence-corrected chi connectivity index (χ3v) is 17.2. The van der Waals surface area contributed by atoms with Gasteiger partial charge in [-0.1, -0.05) is 62.3 Å². The van der Waals surface area contributed by atoms with E-state index in [9.17, 15) is 25.2 Å². The number of aliphatic hydroxyl groups excluding tert-OH is 3. The molecule has 3 saturated heterocycles. The summed E-state index contributed by atoms with van der Waals surface area (Å²) in [5.74, 6) is -3.35. The normalized spacial score (nSPS) is 37.2. The largest absolute Gasteiger partial charge is 0.459 e. The molecule has 0 bridgehead atoms. The molecule has 450 valence electrons. The monoisotopic (exact) mass is 1130 g/mol. The molecule has 3 aliphatic rings. The number of oxime groups is 1. The first-order chi connectivity index (χ1) is 37.8. The molecule has 1 aromatic carbocycles. The van der Waals surface area contributed by atoms with Crippen molar-refractivity contribution in [1.29, 1.82) is 0 Å². The van der Waals surface area contributed by atoms with Crippen molar-refractivity contribution in [3.63, 3.8) is 0 Å². The number of aromatic nitrogens is 5. The third kappa shape index (κ3) is 14.3. The van der Waals surface area contributed by atoms with Gasteiger partial charge in [-0.05, 0) is 79.0 Å². The first-order valence-electron chi connectivity index (χ1n) is 27.9. The lowest BCUT2D eigenvalue weighted by Crippen LogP contribution is -2.61. The lowest BCUT2D eigenvalue weighted by Gasteiger charge is -2.50. The summed E-state index contributed by atoms with van der Waals surface area (Å²) in [5.41, 5.74) is -0.816. The molecule has 22 nitrogen and oxygen atoms in total. The van der Waals surface area contributed by atoms with Crippen molar-refractivity contribution in [3.05, 3.63) is 54.1 Å². The predicted octanol–water partition coefficient (Wildman–Crippen LogP) is 5.47. The van der Waals surface area contributed by atoms with E-state index in [1.54, 1.807) is 67.4 Å². The number of anilines is 1. The van der Waals surface area contributed by atoms with E-state index in [-0.39, 0.29) is 19.3 Å². The number of benzene rings is 1. The topological polar surface area (TPSA) is 265 Å². The molecular formula is C57H91FN8O14. The zero-order valence-corrected chi connectivity index (χ0v) is 49.7. The Morgan fingerprint density at radius 3 is 2.16 bits per heavy atom. The first kappa shape index (κ1) is 64.8. The van der Waals surface area contributed by atoms with Crippen LogP contribution in [0.4, 0.5) is 10.3 Å². The summed E-state index contributed by atoms with van der Waals surface area (Å²) in [5, 5.41) is 63.7. The predicted molar refractivity (Wildman–Crippen MR) is 295 cm³/mol. The number of carbonyl (C=O) groups is 1. The lowest BCUT2D eigenvalue weighted by molar-refractivity contribution is -0.319. The molecule has 1 unspecified atom stereocenters. The molecule has 6 rings (SSSR count). The van der Waals surface area contributed by atoms with Crippen molar-refractivity contribution < 1.29 is 72.3 Å². The van der Waals surface area contributed by atoms with Crippen molar-refractivity contribution in [3.8, 4) is 11.1 Å². The Hall–Kier alpha value is -4.37. The van der Waals surface area contributed by atoms with E-state index in [1.807, 2.05) is 63.9 Å². The van der Waals surface area contributed by atoms with Crippen LogP contribution in [0.2, 0.25) is 0 Å². The summed E-state index contributed by atoms with van der Waals surface area (Å²) in [6, 6.07) is 6.29. The van der Waals surface area contributed by atoms with E-state index in [2.05, 4.69) is 30.8 Å². The molecule has 20 atom stereocenters. The standard InChI is InChI=1S/C57H91FN8O14/c1-17-43-57(10,71)49(68)33(4)45(63-75-16)31(2)25-56(9,74-15)51(34(5)47(35(6)52(70)78-43)79-44-26-55(8,73-14)50(69)36(7)77-44)80-53-46(67)41(24-32(3)76-53)65(12)23-22-40-30-66(64-62-40)42(27-58)48(72-13)38-20-18-37(19-21-38)39-28-60-54(59-11)61-29-39/h18-21,28-36,41-44,46-51,53,67-69,71H,17,22-27H2,1-16H3,(H,59,60,61)/b63-45+/t31-,32-,33+,34+,35-,36+,41+,42-,43-,44?,46-,47+,48-,49-,50+,51-,53+,55-,56-,57-/m1/s1. The maximum absolute atomic E-state index is 15.0. The SMILES string of the molecule is CC[C@H]1OC(=O)[C@H](C)[C@@H](OC2C[C@@](C)(OC)[C@@H](O)[C@H](C)O2)[C@H](C)[C@@H](O[C@@H]2O[C@H](C)C[C@H](N(C)CCc3cn([C@H](CF)[C@H](OC)c4ccc(-c5cnc(NC)nc5)cc4)nn3)[C@H]2O)[C@](C)(OC)C[C@@H](C)/C(=N\OC)[C@H](C)[C@@H](O)[C@]1(C)O. The van der Waals surface area contributed by atoms with E-state index in [0.29, 0.717) is 36.7 Å². The van der Waals surface area contributed by atoms with Crippen molar-refractivity contribution in [2.45, 2.75) is 198 Å². The van der Waals surface area contributed by atoms with Crippen molar-refractivity contribution >= 4 is 17.6 Å². The highest BCUT2D eigenvalue weighted by molar-refractivity contribution is 5.88. The molecule has 0 amide bonds. The molecule has 0 saturated carbocycles. The Balaban J connectivity index is 1.28. The minimum atomic E-state index is -1.94. The highest BCUT2D eigenvalue weighted by Crippen LogP contribution is 2.42. The number of aliphatic hydroxyl groups is 4. The Morgan fingerprint density at radius 1 is 0.912 bits per heavy atom. The van der Waals surface area contributed by atoms with Crippen molar-refractivity contribution in [2.75, 3.05) is 61.1 Å². The van der Waals surface area contributed by atoms with E-state index < -0.39 is 133 Å². The number of hydrogen-bond acceptors (Lipinski definition) is 21. The van der Waals surface area contributed by atoms with Gasteiger partial charge in [-0.25, -0.2) is 19.0 Å². The Kier molecular flexibility index (Phi) is 22.5. The number of hydrogen-bond donors (Lipinski definition) is 5. The number of rotatable bonds is 19. The molecule has 80 heavy (non-hydrogen) atoms. The van der Waals surface area contributed by atoms with Gasteiger partial charge in [0, 0.05) is 95.7 Å². The molecule has 5 N–H and O–H groups in total. The fourth-order valence-electron chi connectivity index (χ4n) is 12.1. The van der Waals surface area contributed by atoms with Crippen LogP contribution in [0, 0.1) is 23.7 Å². The first-order valence-corrected chi connectivity index (χ1v) is 27.9. The number of ether oxygens (including phenoxy) is 8. The van der Waals surface area contributed by atoms with Gasteiger partial charge in [-0.3, -0.25) is 4.79 Å². The highest BCUT2D eigenvalue weighted by atomic mass is 19.1. The van der Waals surface area contributed by atoms with E-state index in [4.69, 9.17) is 42.7 Å². The minimum Gasteiger partial charge on any atom is -0.459 e. The quantitative estimate of drug-likeness (QED) is 0.0735. The number of nitrogens with zero attached hydrogens (tertiary/aromatic N) is 7. The molecule has 3 aliphatic heterocycles. The molecule has 2 aromatic heterocycles. The highest BCUT2D eigenvalue weighted by Gasteiger charge is 2.54. The Labute approximate surface area is 471 Å². The van der Waals surface area contributed by atoms with Crippen LogP contribution in [0.3, 0.4) is 0 Å². The van der Waals surface area contributed by atoms with Crippen LogP contribution in [0.15, 0.2) is 48.0 Å². The Bertz CT molecular complexity index is 2440. The van der Waals surface area contributed by atoms with Gasteiger partial charge >= 0.3 is 5.97 Å². The summed E-state index contributed by atoms with van der Waals surface area (Å²) in [7, 11) is 9.63. The van der Waals surface area contributed by atoms with Gasteiger partial charge in [-0.2, -0.15) is 0 Å². The second-order valence-electron chi connectivity index (χ2n) is 22.9. The molecule has 0 radical (unpaired) electrons. The van der Waals surface area contributed by atoms with Gasteiger partial charge in [0.05, 0.1) is 59.0 Å². The van der Waals surface area contributed by atoms with Crippen LogP contribution < -0.4 is 5.32 Å². The second kappa shape index (κ2) is 27.8. The summed E-state index contributed by atoms with van der Waals surface area (Å²) >= 11 is 0. The molecule has 0 aliphatic carbocycles.